The fourth-order valence-corrected chi connectivity index (χ4v) is 8.23. The van der Waals surface area contributed by atoms with Crippen LogP contribution in [-0.4, -0.2) is 95.7 Å². The number of carbonyl (C=O) groups excluding carboxylic acids is 1. The van der Waals surface area contributed by atoms with E-state index < -0.39 is 15.1 Å². The quantitative estimate of drug-likeness (QED) is 0.229. The van der Waals surface area contributed by atoms with E-state index in [0.29, 0.717) is 53.6 Å². The molecule has 1 aromatic heterocycles. The van der Waals surface area contributed by atoms with Crippen LogP contribution in [-0.2, 0) is 16.4 Å². The number of amides is 1. The number of fused-ring (bicyclic) bond motifs is 1. The minimum atomic E-state index is -3.53. The molecule has 6 rings (SSSR count). The van der Waals surface area contributed by atoms with E-state index in [1.54, 1.807) is 44.3 Å². The molecule has 0 radical (unpaired) electrons. The highest BCUT2D eigenvalue weighted by molar-refractivity contribution is 7.92. The molecule has 0 bridgehead atoms. The Bertz CT molecular complexity index is 1750. The highest BCUT2D eigenvalue weighted by Gasteiger charge is 2.31. The predicted molar refractivity (Wildman–Crippen MR) is 194 cm³/mol. The van der Waals surface area contributed by atoms with Gasteiger partial charge in [0, 0.05) is 43.0 Å². The van der Waals surface area contributed by atoms with Crippen molar-refractivity contribution in [2.75, 3.05) is 49.9 Å². The Labute approximate surface area is 291 Å². The van der Waals surface area contributed by atoms with Crippen LogP contribution >= 0.6 is 0 Å². The van der Waals surface area contributed by atoms with Crippen LogP contribution in [0.1, 0.15) is 81.3 Å². The van der Waals surface area contributed by atoms with Gasteiger partial charge in [0.05, 0.1) is 27.6 Å². The number of sulfone groups is 1. The van der Waals surface area contributed by atoms with Crippen LogP contribution in [0.5, 0.6) is 5.75 Å². The van der Waals surface area contributed by atoms with Crippen molar-refractivity contribution in [3.05, 3.63) is 59.3 Å². The first-order valence-electron chi connectivity index (χ1n) is 17.8. The van der Waals surface area contributed by atoms with E-state index in [0.717, 1.165) is 30.8 Å². The van der Waals surface area contributed by atoms with Crippen molar-refractivity contribution in [3.63, 3.8) is 0 Å². The maximum atomic E-state index is 13.7. The number of nitrogens with zero attached hydrogens (tertiary/aromatic N) is 5. The van der Waals surface area contributed by atoms with Crippen molar-refractivity contribution in [1.29, 1.82) is 0 Å². The summed E-state index contributed by atoms with van der Waals surface area (Å²) in [5.41, 5.74) is 3.39. The molecule has 0 aliphatic carbocycles. The van der Waals surface area contributed by atoms with Gasteiger partial charge in [-0.3, -0.25) is 4.79 Å². The molecular formula is C37H51N7O4S. The highest BCUT2D eigenvalue weighted by Crippen LogP contribution is 2.36. The number of piperidine rings is 2. The molecule has 1 amide bonds. The Morgan fingerprint density at radius 3 is 2.39 bits per heavy atom. The molecule has 0 atom stereocenters. The van der Waals surface area contributed by atoms with Crippen molar-refractivity contribution in [2.45, 2.75) is 95.6 Å². The molecule has 0 unspecified atom stereocenters. The number of anilines is 4. The van der Waals surface area contributed by atoms with Gasteiger partial charge < -0.3 is 30.1 Å². The number of hydrogen-bond acceptors (Lipinski definition) is 10. The maximum Gasteiger partial charge on any atom is 0.254 e. The summed E-state index contributed by atoms with van der Waals surface area (Å²) < 4.78 is 32.3. The van der Waals surface area contributed by atoms with Gasteiger partial charge in [-0.25, -0.2) is 13.4 Å². The summed E-state index contributed by atoms with van der Waals surface area (Å²) in [6.07, 6.45) is 8.04. The molecule has 3 aromatic rings. The summed E-state index contributed by atoms with van der Waals surface area (Å²) >= 11 is 0. The minimum Gasteiger partial charge on any atom is -0.489 e. The first-order chi connectivity index (χ1) is 23.5. The lowest BCUT2D eigenvalue weighted by Gasteiger charge is -2.40. The molecule has 0 spiro atoms. The molecule has 49 heavy (non-hydrogen) atoms. The lowest BCUT2D eigenvalue weighted by atomic mass is 10.00. The van der Waals surface area contributed by atoms with Crippen molar-refractivity contribution in [2.24, 2.45) is 0 Å². The van der Waals surface area contributed by atoms with Crippen molar-refractivity contribution < 1.29 is 17.9 Å². The summed E-state index contributed by atoms with van der Waals surface area (Å²) in [5, 5.41) is 5.94. The highest BCUT2D eigenvalue weighted by atomic mass is 32.2. The zero-order valence-corrected chi connectivity index (χ0v) is 30.4. The van der Waals surface area contributed by atoms with Gasteiger partial charge in [0.1, 0.15) is 11.6 Å². The third-order valence-electron chi connectivity index (χ3n) is 9.88. The first kappa shape index (κ1) is 35.1. The summed E-state index contributed by atoms with van der Waals surface area (Å²) in [6.45, 7) is 15.9. The van der Waals surface area contributed by atoms with E-state index in [-0.39, 0.29) is 16.9 Å². The van der Waals surface area contributed by atoms with Crippen molar-refractivity contribution in [3.8, 4) is 5.75 Å². The van der Waals surface area contributed by atoms with Gasteiger partial charge in [0.15, 0.2) is 9.84 Å². The standard InChI is InChI=1S/C37H51N7O4S/c1-25(2)48-33-21-28-24-44(20-19-42-17-13-29(14-18-42)43-15-9-6-10-16-43)36(45)30(28)22-32(33)40-37-38-23-27(5)35(41-37)39-31-11-7-8-12-34(31)49(46,47)26(3)4/h7-8,11-12,21-23,25-26,29H,6,9-10,13-20,24H2,1-5H3,(H2,38,39,40,41). The van der Waals surface area contributed by atoms with Gasteiger partial charge in [-0.2, -0.15) is 4.98 Å². The van der Waals surface area contributed by atoms with Crippen LogP contribution in [0, 0.1) is 6.92 Å². The molecule has 2 N–H and O–H groups in total. The zero-order chi connectivity index (χ0) is 34.7. The maximum absolute atomic E-state index is 13.7. The van der Waals surface area contributed by atoms with Gasteiger partial charge in [-0.1, -0.05) is 18.6 Å². The smallest absolute Gasteiger partial charge is 0.254 e. The Kier molecular flexibility index (Phi) is 10.8. The average Bonchev–Trinajstić information content (AvgIpc) is 3.39. The molecular weight excluding hydrogens is 639 g/mol. The minimum absolute atomic E-state index is 0.0208. The van der Waals surface area contributed by atoms with Crippen LogP contribution in [0.15, 0.2) is 47.5 Å². The Balaban J connectivity index is 1.15. The molecule has 2 fully saturated rings. The zero-order valence-electron chi connectivity index (χ0n) is 29.5. The molecule has 3 aliphatic rings. The number of hydrogen-bond donors (Lipinski definition) is 2. The van der Waals surface area contributed by atoms with E-state index in [1.807, 2.05) is 37.8 Å². The fourth-order valence-electron chi connectivity index (χ4n) is 7.03. The number of aromatic nitrogens is 2. The monoisotopic (exact) mass is 689 g/mol. The van der Waals surface area contributed by atoms with Crippen LogP contribution in [0.2, 0.25) is 0 Å². The Hall–Kier alpha value is -3.74. The number of rotatable bonds is 12. The number of aryl methyl sites for hydroxylation is 1. The van der Waals surface area contributed by atoms with Gasteiger partial charge in [-0.05, 0) is 116 Å². The van der Waals surface area contributed by atoms with E-state index in [9.17, 15) is 13.2 Å². The molecule has 2 aromatic carbocycles. The number of ether oxygens (including phenoxy) is 1. The van der Waals surface area contributed by atoms with E-state index in [4.69, 9.17) is 9.72 Å². The molecule has 0 saturated carbocycles. The Morgan fingerprint density at radius 2 is 1.67 bits per heavy atom. The summed E-state index contributed by atoms with van der Waals surface area (Å²) in [7, 11) is -3.53. The van der Waals surface area contributed by atoms with Crippen LogP contribution in [0.4, 0.5) is 23.1 Å². The van der Waals surface area contributed by atoms with Gasteiger partial charge >= 0.3 is 0 Å². The largest absolute Gasteiger partial charge is 0.489 e. The SMILES string of the molecule is Cc1cnc(Nc2cc3c(cc2OC(C)C)CN(CCN2CCC(N4CCCCC4)CC2)C3=O)nc1Nc1ccccc1S(=O)(=O)C(C)C. The number of nitrogens with one attached hydrogen (secondary N) is 2. The first-order valence-corrected chi connectivity index (χ1v) is 19.3. The third-order valence-corrected chi connectivity index (χ3v) is 12.1. The number of likely N-dealkylation sites (tertiary alicyclic amines) is 2. The molecule has 264 valence electrons. The third kappa shape index (κ3) is 8.02. The van der Waals surface area contributed by atoms with Crippen LogP contribution < -0.4 is 15.4 Å². The average molecular weight is 690 g/mol. The number of benzene rings is 2. The summed E-state index contributed by atoms with van der Waals surface area (Å²) in [4.78, 5) is 30.2. The summed E-state index contributed by atoms with van der Waals surface area (Å²) in [5.74, 6) is 1.41. The molecule has 4 heterocycles. The summed E-state index contributed by atoms with van der Waals surface area (Å²) in [6, 6.07) is 11.4. The van der Waals surface area contributed by atoms with E-state index in [2.05, 4.69) is 25.4 Å². The van der Waals surface area contributed by atoms with E-state index >= 15 is 0 Å². The van der Waals surface area contributed by atoms with Gasteiger partial charge in [0.2, 0.25) is 5.95 Å². The second-order valence-electron chi connectivity index (χ2n) is 14.1. The van der Waals surface area contributed by atoms with E-state index in [1.165, 1.54) is 45.2 Å². The van der Waals surface area contributed by atoms with Gasteiger partial charge in [0.25, 0.3) is 5.91 Å². The van der Waals surface area contributed by atoms with Crippen molar-refractivity contribution in [1.82, 2.24) is 24.7 Å². The number of para-hydroxylation sites is 1. The lowest BCUT2D eigenvalue weighted by molar-refractivity contribution is 0.0697. The molecule has 12 heteroatoms. The molecule has 3 aliphatic heterocycles. The fraction of sp³-hybridized carbons (Fsp3) is 0.541. The second-order valence-corrected chi connectivity index (χ2v) is 16.6. The topological polar surface area (TPSA) is 120 Å². The van der Waals surface area contributed by atoms with Crippen LogP contribution in [0.25, 0.3) is 0 Å². The van der Waals surface area contributed by atoms with Gasteiger partial charge in [-0.15, -0.1) is 0 Å². The predicted octanol–water partition coefficient (Wildman–Crippen LogP) is 6.15. The molecule has 11 nitrogen and oxygen atoms in total. The normalized spacial score (nSPS) is 17.9. The van der Waals surface area contributed by atoms with Crippen LogP contribution in [0.3, 0.4) is 0 Å². The second kappa shape index (κ2) is 15.0. The lowest BCUT2D eigenvalue weighted by Crippen LogP contribution is -2.48. The molecule has 2 saturated heterocycles. The Morgan fingerprint density at radius 1 is 0.939 bits per heavy atom. The van der Waals surface area contributed by atoms with Crippen molar-refractivity contribution >= 4 is 38.9 Å². The number of carbonyl (C=O) groups is 1.